The van der Waals surface area contributed by atoms with Gasteiger partial charge in [-0.3, -0.25) is 4.79 Å². The number of nitrogens with zero attached hydrogens (tertiary/aromatic N) is 3. The fraction of sp³-hybridized carbons (Fsp3) is 0.278. The van der Waals surface area contributed by atoms with Gasteiger partial charge >= 0.3 is 6.18 Å². The minimum Gasteiger partial charge on any atom is -0.302 e. The van der Waals surface area contributed by atoms with Crippen molar-refractivity contribution in [3.63, 3.8) is 0 Å². The van der Waals surface area contributed by atoms with Crippen LogP contribution < -0.4 is 5.32 Å². The number of aromatic nitrogens is 3. The summed E-state index contributed by atoms with van der Waals surface area (Å²) in [6.45, 7) is 5.29. The number of carbonyl (C=O) groups is 1. The molecule has 0 aliphatic rings. The average Bonchev–Trinajstić information content (AvgIpc) is 3.12. The van der Waals surface area contributed by atoms with Crippen molar-refractivity contribution in [3.05, 3.63) is 57.9 Å². The molecule has 0 fully saturated rings. The number of alkyl halides is 3. The normalized spacial score (nSPS) is 11.6. The lowest BCUT2D eigenvalue weighted by Gasteiger charge is -2.10. The van der Waals surface area contributed by atoms with Gasteiger partial charge in [0.25, 0.3) is 0 Å². The molecular weight excluding hydrogens is 377 g/mol. The van der Waals surface area contributed by atoms with Crippen molar-refractivity contribution in [1.29, 1.82) is 0 Å². The average molecular weight is 394 g/mol. The SMILES string of the molecule is Cc1csc(NC(=O)Cc2c(C)nn(-c3cccc(C(F)(F)F)c3)c2C)n1. The highest BCUT2D eigenvalue weighted by Gasteiger charge is 2.30. The van der Waals surface area contributed by atoms with Crippen LogP contribution in [0.5, 0.6) is 0 Å². The highest BCUT2D eigenvalue weighted by atomic mass is 32.1. The Morgan fingerprint density at radius 1 is 1.26 bits per heavy atom. The number of rotatable bonds is 4. The lowest BCUT2D eigenvalue weighted by Crippen LogP contribution is -2.15. The Bertz CT molecular complexity index is 991. The molecule has 27 heavy (non-hydrogen) atoms. The molecule has 0 saturated carbocycles. The topological polar surface area (TPSA) is 59.8 Å². The van der Waals surface area contributed by atoms with Crippen LogP contribution in [0, 0.1) is 20.8 Å². The summed E-state index contributed by atoms with van der Waals surface area (Å²) in [6, 6.07) is 4.95. The minimum atomic E-state index is -4.43. The number of carbonyl (C=O) groups excluding carboxylic acids is 1. The fourth-order valence-electron chi connectivity index (χ4n) is 2.73. The van der Waals surface area contributed by atoms with Gasteiger partial charge in [0.15, 0.2) is 5.13 Å². The maximum Gasteiger partial charge on any atom is 0.416 e. The predicted octanol–water partition coefficient (Wildman–Crippen LogP) is 4.45. The lowest BCUT2D eigenvalue weighted by molar-refractivity contribution is -0.137. The second kappa shape index (κ2) is 7.15. The molecule has 9 heteroatoms. The molecule has 1 N–H and O–H groups in total. The molecule has 2 aromatic heterocycles. The maximum atomic E-state index is 13.0. The molecule has 0 saturated heterocycles. The molecule has 5 nitrogen and oxygen atoms in total. The molecule has 1 amide bonds. The van der Waals surface area contributed by atoms with Crippen LogP contribution >= 0.6 is 11.3 Å². The highest BCUT2D eigenvalue weighted by molar-refractivity contribution is 7.13. The largest absolute Gasteiger partial charge is 0.416 e. The summed E-state index contributed by atoms with van der Waals surface area (Å²) in [4.78, 5) is 16.5. The van der Waals surface area contributed by atoms with Crippen LogP contribution in [0.1, 0.15) is 28.2 Å². The smallest absolute Gasteiger partial charge is 0.302 e. The lowest BCUT2D eigenvalue weighted by atomic mass is 10.1. The number of amides is 1. The van der Waals surface area contributed by atoms with E-state index in [2.05, 4.69) is 15.4 Å². The first-order valence-electron chi connectivity index (χ1n) is 8.10. The molecule has 3 rings (SSSR count). The first-order chi connectivity index (χ1) is 12.6. The number of anilines is 1. The van der Waals surface area contributed by atoms with Crippen LogP contribution in [-0.2, 0) is 17.4 Å². The number of halogens is 3. The highest BCUT2D eigenvalue weighted by Crippen LogP contribution is 2.31. The number of hydrogen-bond acceptors (Lipinski definition) is 4. The van der Waals surface area contributed by atoms with E-state index in [9.17, 15) is 18.0 Å². The third kappa shape index (κ3) is 4.19. The third-order valence-corrected chi connectivity index (χ3v) is 4.94. The van der Waals surface area contributed by atoms with Crippen LogP contribution in [0.15, 0.2) is 29.6 Å². The van der Waals surface area contributed by atoms with Crippen molar-refractivity contribution in [3.8, 4) is 5.69 Å². The molecule has 3 aromatic rings. The second-order valence-corrected chi connectivity index (χ2v) is 6.99. The van der Waals surface area contributed by atoms with Crippen LogP contribution in [0.2, 0.25) is 0 Å². The van der Waals surface area contributed by atoms with E-state index in [4.69, 9.17) is 0 Å². The second-order valence-electron chi connectivity index (χ2n) is 6.13. The van der Waals surface area contributed by atoms with E-state index < -0.39 is 11.7 Å². The van der Waals surface area contributed by atoms with Gasteiger partial charge in [0.05, 0.1) is 29.1 Å². The number of aryl methyl sites for hydroxylation is 2. The van der Waals surface area contributed by atoms with E-state index >= 15 is 0 Å². The zero-order valence-electron chi connectivity index (χ0n) is 14.9. The number of hydrogen-bond donors (Lipinski definition) is 1. The summed E-state index contributed by atoms with van der Waals surface area (Å²) in [5, 5.41) is 9.39. The fourth-order valence-corrected chi connectivity index (χ4v) is 3.44. The summed E-state index contributed by atoms with van der Waals surface area (Å²) in [6.07, 6.45) is -4.37. The Balaban J connectivity index is 1.86. The van der Waals surface area contributed by atoms with Crippen molar-refractivity contribution in [1.82, 2.24) is 14.8 Å². The number of nitrogens with one attached hydrogen (secondary N) is 1. The van der Waals surface area contributed by atoms with E-state index in [0.717, 1.165) is 17.8 Å². The third-order valence-electron chi connectivity index (χ3n) is 4.06. The van der Waals surface area contributed by atoms with Crippen LogP contribution in [0.3, 0.4) is 0 Å². The summed E-state index contributed by atoms with van der Waals surface area (Å²) >= 11 is 1.33. The van der Waals surface area contributed by atoms with Crippen molar-refractivity contribution in [2.45, 2.75) is 33.4 Å². The Labute approximate surface area is 157 Å². The van der Waals surface area contributed by atoms with Crippen molar-refractivity contribution < 1.29 is 18.0 Å². The Morgan fingerprint density at radius 2 is 2.00 bits per heavy atom. The molecule has 0 bridgehead atoms. The van der Waals surface area contributed by atoms with E-state index in [1.54, 1.807) is 19.9 Å². The quantitative estimate of drug-likeness (QED) is 0.711. The standard InChI is InChI=1S/C18H17F3N4OS/c1-10-9-27-17(22-10)23-16(26)8-15-11(2)24-25(12(15)3)14-6-4-5-13(7-14)18(19,20)21/h4-7,9H,8H2,1-3H3,(H,22,23,26). The van der Waals surface area contributed by atoms with Gasteiger partial charge in [0.1, 0.15) is 0 Å². The van der Waals surface area contributed by atoms with Crippen LogP contribution in [0.25, 0.3) is 5.69 Å². The summed E-state index contributed by atoms with van der Waals surface area (Å²) in [7, 11) is 0. The maximum absolute atomic E-state index is 13.0. The molecule has 0 spiro atoms. The van der Waals surface area contributed by atoms with Crippen LogP contribution in [0.4, 0.5) is 18.3 Å². The van der Waals surface area contributed by atoms with Gasteiger partial charge in [-0.2, -0.15) is 18.3 Å². The first kappa shape index (κ1) is 19.1. The van der Waals surface area contributed by atoms with Crippen LogP contribution in [-0.4, -0.2) is 20.7 Å². The summed E-state index contributed by atoms with van der Waals surface area (Å²) in [5.74, 6) is -0.251. The predicted molar refractivity (Wildman–Crippen MR) is 97.2 cm³/mol. The van der Waals surface area contributed by atoms with Gasteiger partial charge in [-0.15, -0.1) is 11.3 Å². The zero-order chi connectivity index (χ0) is 19.8. The van der Waals surface area contributed by atoms with Gasteiger partial charge < -0.3 is 5.32 Å². The Kier molecular flexibility index (Phi) is 5.05. The molecule has 1 aromatic carbocycles. The Morgan fingerprint density at radius 3 is 2.63 bits per heavy atom. The number of thiazole rings is 1. The molecule has 0 radical (unpaired) electrons. The van der Waals surface area contributed by atoms with E-state index in [0.29, 0.717) is 27.8 Å². The molecule has 0 unspecified atom stereocenters. The Hall–Kier alpha value is -2.68. The van der Waals surface area contributed by atoms with Crippen molar-refractivity contribution in [2.24, 2.45) is 0 Å². The number of benzene rings is 1. The summed E-state index contributed by atoms with van der Waals surface area (Å²) in [5.41, 5.74) is 2.27. The van der Waals surface area contributed by atoms with Gasteiger partial charge in [-0.05, 0) is 39.0 Å². The van der Waals surface area contributed by atoms with E-state index in [1.807, 2.05) is 12.3 Å². The molecule has 0 aliphatic carbocycles. The van der Waals surface area contributed by atoms with E-state index in [-0.39, 0.29) is 12.3 Å². The van der Waals surface area contributed by atoms with Crippen molar-refractivity contribution in [2.75, 3.05) is 5.32 Å². The minimum absolute atomic E-state index is 0.0647. The molecule has 2 heterocycles. The summed E-state index contributed by atoms with van der Waals surface area (Å²) < 4.78 is 40.3. The molecular formula is C18H17F3N4OS. The molecule has 142 valence electrons. The van der Waals surface area contributed by atoms with Gasteiger partial charge in [-0.25, -0.2) is 9.67 Å². The first-order valence-corrected chi connectivity index (χ1v) is 8.98. The van der Waals surface area contributed by atoms with Gasteiger partial charge in [0, 0.05) is 16.6 Å². The zero-order valence-corrected chi connectivity index (χ0v) is 15.7. The van der Waals surface area contributed by atoms with Gasteiger partial charge in [0.2, 0.25) is 5.91 Å². The molecule has 0 aliphatic heterocycles. The van der Waals surface area contributed by atoms with Crippen molar-refractivity contribution >= 4 is 22.4 Å². The molecule has 0 atom stereocenters. The van der Waals surface area contributed by atoms with E-state index in [1.165, 1.54) is 22.1 Å². The van der Waals surface area contributed by atoms with Gasteiger partial charge in [-0.1, -0.05) is 6.07 Å². The monoisotopic (exact) mass is 394 g/mol.